The second-order valence-corrected chi connectivity index (χ2v) is 9.56. The number of benzene rings is 2. The van der Waals surface area contributed by atoms with E-state index in [1.807, 2.05) is 18.2 Å². The minimum atomic E-state index is -3.90. The predicted molar refractivity (Wildman–Crippen MR) is 127 cm³/mol. The average Bonchev–Trinajstić information content (AvgIpc) is 3.25. The normalized spacial score (nSPS) is 11.2. The third kappa shape index (κ3) is 5.21. The van der Waals surface area contributed by atoms with E-state index in [2.05, 4.69) is 15.4 Å². The summed E-state index contributed by atoms with van der Waals surface area (Å²) in [6.07, 6.45) is 3.43. The van der Waals surface area contributed by atoms with Crippen LogP contribution in [0.3, 0.4) is 0 Å². The highest BCUT2D eigenvalue weighted by Gasteiger charge is 2.23. The van der Waals surface area contributed by atoms with Crippen LogP contribution in [-0.4, -0.2) is 36.1 Å². The Balaban J connectivity index is 1.50. The number of anilines is 2. The third-order valence-corrected chi connectivity index (χ3v) is 6.88. The van der Waals surface area contributed by atoms with Gasteiger partial charge in [0.2, 0.25) is 0 Å². The smallest absolute Gasteiger partial charge is 0.264 e. The highest BCUT2D eigenvalue weighted by Crippen LogP contribution is 2.25. The van der Waals surface area contributed by atoms with Crippen molar-refractivity contribution in [3.8, 4) is 0 Å². The van der Waals surface area contributed by atoms with Crippen molar-refractivity contribution in [3.63, 3.8) is 0 Å². The Hall–Kier alpha value is -3.69. The minimum Gasteiger partial charge on any atom is -0.305 e. The summed E-state index contributed by atoms with van der Waals surface area (Å²) >= 11 is 5.99. The second-order valence-electron chi connectivity index (χ2n) is 7.15. The van der Waals surface area contributed by atoms with Gasteiger partial charge in [-0.1, -0.05) is 29.8 Å². The molecule has 0 unspecified atom stereocenters. The van der Waals surface area contributed by atoms with Crippen LogP contribution in [0, 0.1) is 0 Å². The maximum absolute atomic E-state index is 13.1. The number of pyridine rings is 1. The molecule has 0 aliphatic carbocycles. The number of hydrogen-bond acceptors (Lipinski definition) is 5. The zero-order valence-corrected chi connectivity index (χ0v) is 19.2. The number of amides is 1. The first kappa shape index (κ1) is 22.5. The molecule has 33 heavy (non-hydrogen) atoms. The van der Waals surface area contributed by atoms with Crippen LogP contribution in [0.25, 0.3) is 0 Å². The molecule has 0 aliphatic rings. The summed E-state index contributed by atoms with van der Waals surface area (Å²) in [6, 6.07) is 19.6. The summed E-state index contributed by atoms with van der Waals surface area (Å²) in [6.45, 7) is 0.459. The van der Waals surface area contributed by atoms with E-state index in [4.69, 9.17) is 11.6 Å². The van der Waals surface area contributed by atoms with Crippen molar-refractivity contribution in [2.75, 3.05) is 16.7 Å². The van der Waals surface area contributed by atoms with Crippen LogP contribution < -0.4 is 9.62 Å². The molecule has 168 valence electrons. The van der Waals surface area contributed by atoms with Crippen molar-refractivity contribution in [2.24, 2.45) is 0 Å². The number of nitrogens with one attached hydrogen (secondary N) is 1. The molecule has 2 aromatic heterocycles. The summed E-state index contributed by atoms with van der Waals surface area (Å²) in [5.41, 5.74) is 1.44. The van der Waals surface area contributed by atoms with Crippen LogP contribution in [0.1, 0.15) is 16.1 Å². The Labute approximate surface area is 196 Å². The summed E-state index contributed by atoms with van der Waals surface area (Å²) in [4.78, 5) is 17.0. The lowest BCUT2D eigenvalue weighted by atomic mass is 10.2. The van der Waals surface area contributed by atoms with Gasteiger partial charge < -0.3 is 5.32 Å². The molecule has 1 amide bonds. The molecule has 0 fully saturated rings. The van der Waals surface area contributed by atoms with Crippen molar-refractivity contribution >= 4 is 39.0 Å². The number of halogens is 1. The van der Waals surface area contributed by atoms with E-state index in [1.54, 1.807) is 53.5 Å². The molecule has 1 N–H and O–H groups in total. The van der Waals surface area contributed by atoms with E-state index in [0.29, 0.717) is 23.1 Å². The second kappa shape index (κ2) is 9.43. The quantitative estimate of drug-likeness (QED) is 0.429. The maximum Gasteiger partial charge on any atom is 0.264 e. The average molecular weight is 482 g/mol. The van der Waals surface area contributed by atoms with Gasteiger partial charge in [-0.3, -0.25) is 18.8 Å². The van der Waals surface area contributed by atoms with Gasteiger partial charge in [-0.2, -0.15) is 5.10 Å². The molecule has 0 saturated heterocycles. The molecule has 10 heteroatoms. The first-order valence-electron chi connectivity index (χ1n) is 9.92. The van der Waals surface area contributed by atoms with Gasteiger partial charge in [-0.05, 0) is 48.5 Å². The lowest BCUT2D eigenvalue weighted by molar-refractivity contribution is 0.102. The molecule has 0 saturated carbocycles. The molecule has 4 rings (SSSR count). The fraction of sp³-hybridized carbons (Fsp3) is 0.0870. The predicted octanol–water partition coefficient (Wildman–Crippen LogP) is 4.06. The van der Waals surface area contributed by atoms with E-state index in [9.17, 15) is 13.2 Å². The summed E-state index contributed by atoms with van der Waals surface area (Å²) < 4.78 is 28.9. The van der Waals surface area contributed by atoms with Crippen LogP contribution in [0.15, 0.2) is 90.1 Å². The highest BCUT2D eigenvalue weighted by atomic mass is 35.5. The van der Waals surface area contributed by atoms with Gasteiger partial charge in [0.15, 0.2) is 5.82 Å². The number of rotatable bonds is 7. The Morgan fingerprint density at radius 3 is 2.64 bits per heavy atom. The molecule has 0 spiro atoms. The molecule has 0 radical (unpaired) electrons. The van der Waals surface area contributed by atoms with E-state index < -0.39 is 15.9 Å². The Morgan fingerprint density at radius 2 is 1.88 bits per heavy atom. The van der Waals surface area contributed by atoms with Crippen molar-refractivity contribution in [1.29, 1.82) is 0 Å². The Kier molecular flexibility index (Phi) is 6.43. The van der Waals surface area contributed by atoms with E-state index >= 15 is 0 Å². The van der Waals surface area contributed by atoms with Crippen molar-refractivity contribution in [1.82, 2.24) is 14.8 Å². The molecular formula is C23H20ClN5O3S. The standard InChI is InChI=1S/C23H20ClN5O3S/c1-28(20-9-5-7-18(24)15-20)33(31,32)21-10-4-6-17(14-21)23(30)26-22-11-13-29(27-22)16-19-8-2-3-12-25-19/h2-15H,16H2,1H3,(H,26,27,30). The summed E-state index contributed by atoms with van der Waals surface area (Å²) in [5.74, 6) is -0.124. The molecule has 0 aliphatic heterocycles. The monoisotopic (exact) mass is 481 g/mol. The van der Waals surface area contributed by atoms with Crippen LogP contribution in [0.2, 0.25) is 5.02 Å². The van der Waals surface area contributed by atoms with Crippen LogP contribution in [0.4, 0.5) is 11.5 Å². The SMILES string of the molecule is CN(c1cccc(Cl)c1)S(=O)(=O)c1cccc(C(=O)Nc2ccn(Cc3ccccn3)n2)c1. The Bertz CT molecular complexity index is 1390. The van der Waals surface area contributed by atoms with Crippen molar-refractivity contribution in [2.45, 2.75) is 11.4 Å². The van der Waals surface area contributed by atoms with Gasteiger partial charge >= 0.3 is 0 Å². The molecule has 4 aromatic rings. The van der Waals surface area contributed by atoms with Crippen LogP contribution >= 0.6 is 11.6 Å². The maximum atomic E-state index is 13.1. The largest absolute Gasteiger partial charge is 0.305 e. The summed E-state index contributed by atoms with van der Waals surface area (Å²) in [5, 5.41) is 7.44. The van der Waals surface area contributed by atoms with E-state index in [-0.39, 0.29) is 10.5 Å². The van der Waals surface area contributed by atoms with E-state index in [0.717, 1.165) is 10.00 Å². The first-order valence-corrected chi connectivity index (χ1v) is 11.7. The minimum absolute atomic E-state index is 0.0155. The number of nitrogens with zero attached hydrogens (tertiary/aromatic N) is 4. The highest BCUT2D eigenvalue weighted by molar-refractivity contribution is 7.92. The van der Waals surface area contributed by atoms with Gasteiger partial charge in [0.05, 0.1) is 22.8 Å². The number of carbonyl (C=O) groups excluding carboxylic acids is 1. The topological polar surface area (TPSA) is 97.2 Å². The lowest BCUT2D eigenvalue weighted by Gasteiger charge is -2.20. The van der Waals surface area contributed by atoms with Crippen molar-refractivity contribution < 1.29 is 13.2 Å². The zero-order valence-electron chi connectivity index (χ0n) is 17.6. The number of carbonyl (C=O) groups is 1. The third-order valence-electron chi connectivity index (χ3n) is 4.86. The fourth-order valence-electron chi connectivity index (χ4n) is 3.13. The van der Waals surface area contributed by atoms with Crippen LogP contribution in [0.5, 0.6) is 0 Å². The number of sulfonamides is 1. The lowest BCUT2D eigenvalue weighted by Crippen LogP contribution is -2.26. The van der Waals surface area contributed by atoms with Gasteiger partial charge in [0.25, 0.3) is 15.9 Å². The van der Waals surface area contributed by atoms with Crippen LogP contribution in [-0.2, 0) is 16.6 Å². The molecule has 0 bridgehead atoms. The first-order chi connectivity index (χ1) is 15.8. The van der Waals surface area contributed by atoms with Gasteiger partial charge in [-0.25, -0.2) is 8.42 Å². The van der Waals surface area contributed by atoms with Gasteiger partial charge in [0.1, 0.15) is 0 Å². The number of hydrogen-bond donors (Lipinski definition) is 1. The van der Waals surface area contributed by atoms with E-state index in [1.165, 1.54) is 25.2 Å². The van der Waals surface area contributed by atoms with Crippen molar-refractivity contribution in [3.05, 3.63) is 101 Å². The summed E-state index contributed by atoms with van der Waals surface area (Å²) in [7, 11) is -2.47. The molecular weight excluding hydrogens is 462 g/mol. The molecule has 2 heterocycles. The molecule has 8 nitrogen and oxygen atoms in total. The Morgan fingerprint density at radius 1 is 1.06 bits per heavy atom. The van der Waals surface area contributed by atoms with Gasteiger partial charge in [0, 0.05) is 36.1 Å². The molecule has 2 aromatic carbocycles. The zero-order chi connectivity index (χ0) is 23.4. The van der Waals surface area contributed by atoms with Gasteiger partial charge in [-0.15, -0.1) is 0 Å². The number of aromatic nitrogens is 3. The fourth-order valence-corrected chi connectivity index (χ4v) is 4.55. The molecule has 0 atom stereocenters.